The van der Waals surface area contributed by atoms with Crippen LogP contribution in [0.4, 0.5) is 50.7 Å². The zero-order valence-corrected chi connectivity index (χ0v) is 31.5. The standard InChI is InChI=1S/C37H37F8N7O4S/c1-3-52(20-7-10-50(17-20)34(53)55-12-11-54-2)32-22-13-24(36(40,41)42)27(21-5-6-25(39)30-26(21)23(15-46)31(47)57-30)28(37(43,44)45)29(22)48-33(49-32)56-18-35-8-4-9-51(35)16-19(38)14-35/h5-6,13,19-20H,3-4,7-12,14,16-18,47H2,1-2H3. The number of fused-ring (bicyclic) bond motifs is 3. The second-order valence-corrected chi connectivity index (χ2v) is 15.3. The van der Waals surface area contributed by atoms with Gasteiger partial charge in [0.15, 0.2) is 0 Å². The lowest BCUT2D eigenvalue weighted by Gasteiger charge is -2.32. The number of ether oxygens (including phenoxy) is 3. The highest BCUT2D eigenvalue weighted by Crippen LogP contribution is 2.52. The minimum absolute atomic E-state index is 0.00226. The molecule has 2 aromatic carbocycles. The van der Waals surface area contributed by atoms with Crippen molar-refractivity contribution >= 4 is 49.2 Å². The van der Waals surface area contributed by atoms with Crippen molar-refractivity contribution in [2.75, 3.05) is 70.3 Å². The van der Waals surface area contributed by atoms with Gasteiger partial charge in [-0.3, -0.25) is 4.90 Å². The van der Waals surface area contributed by atoms with Crippen molar-refractivity contribution in [3.8, 4) is 23.2 Å². The highest BCUT2D eigenvalue weighted by Gasteiger charge is 2.50. The van der Waals surface area contributed by atoms with Crippen LogP contribution in [0.25, 0.3) is 32.1 Å². The molecule has 1 amide bonds. The average molecular weight is 828 g/mol. The van der Waals surface area contributed by atoms with E-state index in [2.05, 4.69) is 9.97 Å². The number of likely N-dealkylation sites (tertiary alicyclic amines) is 1. The Morgan fingerprint density at radius 3 is 2.60 bits per heavy atom. The molecule has 0 aliphatic carbocycles. The molecule has 0 bridgehead atoms. The maximum absolute atomic E-state index is 15.7. The molecule has 0 spiro atoms. The number of carbonyl (C=O) groups is 1. The molecule has 4 aromatic rings. The normalized spacial score (nSPS) is 21.4. The SMILES string of the molecule is CCN(c1nc(OCC23CCCN2CC(F)C3)nc2c(C(F)(F)F)c(-c3ccc(F)c4sc(N)c(C#N)c34)c(C(F)(F)F)cc12)C1CCN(C(=O)OCCOC)C1. The predicted molar refractivity (Wildman–Crippen MR) is 194 cm³/mol. The monoisotopic (exact) mass is 827 g/mol. The zero-order valence-electron chi connectivity index (χ0n) is 30.7. The first kappa shape index (κ1) is 40.5. The molecule has 11 nitrogen and oxygen atoms in total. The van der Waals surface area contributed by atoms with E-state index in [1.165, 1.54) is 16.9 Å². The maximum atomic E-state index is 15.7. The van der Waals surface area contributed by atoms with Crippen LogP contribution in [-0.2, 0) is 21.8 Å². The highest BCUT2D eigenvalue weighted by molar-refractivity contribution is 7.23. The summed E-state index contributed by atoms with van der Waals surface area (Å²) in [6.45, 7) is 2.43. The van der Waals surface area contributed by atoms with E-state index in [1.807, 2.05) is 4.90 Å². The molecule has 3 aliphatic heterocycles. The number of thiophene rings is 1. The minimum atomic E-state index is -5.53. The molecule has 57 heavy (non-hydrogen) atoms. The summed E-state index contributed by atoms with van der Waals surface area (Å²) in [6.07, 6.45) is -11.2. The van der Waals surface area contributed by atoms with Crippen LogP contribution in [0.1, 0.15) is 49.3 Å². The van der Waals surface area contributed by atoms with E-state index in [-0.39, 0.29) is 69.7 Å². The number of nitrogens with two attached hydrogens (primary N) is 1. The quantitative estimate of drug-likeness (QED) is 0.125. The van der Waals surface area contributed by atoms with Crippen molar-refractivity contribution in [1.29, 1.82) is 5.26 Å². The number of nitrogen functional groups attached to an aromatic ring is 1. The Kier molecular flexibility index (Phi) is 10.8. The number of likely N-dealkylation sites (N-methyl/N-ethyl adjacent to an activating group) is 1. The van der Waals surface area contributed by atoms with Crippen LogP contribution in [0, 0.1) is 17.1 Å². The van der Waals surface area contributed by atoms with Crippen molar-refractivity contribution in [3.63, 3.8) is 0 Å². The van der Waals surface area contributed by atoms with E-state index >= 15 is 30.7 Å². The summed E-state index contributed by atoms with van der Waals surface area (Å²) in [5.74, 6) is -1.32. The molecular formula is C37H37F8N7O4S. The molecule has 0 radical (unpaired) electrons. The van der Waals surface area contributed by atoms with Crippen molar-refractivity contribution in [2.45, 2.75) is 62.7 Å². The predicted octanol–water partition coefficient (Wildman–Crippen LogP) is 7.78. The number of amides is 1. The van der Waals surface area contributed by atoms with Crippen molar-refractivity contribution < 1.29 is 54.1 Å². The maximum Gasteiger partial charge on any atom is 0.419 e. The fraction of sp³-hybridized carbons (Fsp3) is 0.514. The first-order valence-corrected chi connectivity index (χ1v) is 19.0. The lowest BCUT2D eigenvalue weighted by Crippen LogP contribution is -2.43. The number of anilines is 2. The third-order valence-electron chi connectivity index (χ3n) is 11.0. The average Bonchev–Trinajstić information content (AvgIpc) is 3.92. The van der Waals surface area contributed by atoms with E-state index < -0.39 is 96.8 Å². The smallest absolute Gasteiger partial charge is 0.419 e. The first-order valence-electron chi connectivity index (χ1n) is 18.1. The summed E-state index contributed by atoms with van der Waals surface area (Å²) < 4.78 is 139. The lowest BCUT2D eigenvalue weighted by molar-refractivity contribution is -0.141. The molecule has 0 saturated carbocycles. The molecular weight excluding hydrogens is 791 g/mol. The summed E-state index contributed by atoms with van der Waals surface area (Å²) in [5.41, 5.74) is -1.97. The van der Waals surface area contributed by atoms with Crippen LogP contribution < -0.4 is 15.4 Å². The molecule has 2 N–H and O–H groups in total. The number of nitrogens with zero attached hydrogens (tertiary/aromatic N) is 6. The van der Waals surface area contributed by atoms with Crippen molar-refractivity contribution in [3.05, 3.63) is 40.7 Å². The van der Waals surface area contributed by atoms with E-state index in [4.69, 9.17) is 19.9 Å². The Morgan fingerprint density at radius 2 is 1.91 bits per heavy atom. The van der Waals surface area contributed by atoms with E-state index in [1.54, 1.807) is 13.0 Å². The number of hydrogen-bond donors (Lipinski definition) is 1. The van der Waals surface area contributed by atoms with E-state index in [0.29, 0.717) is 30.4 Å². The molecule has 3 fully saturated rings. The van der Waals surface area contributed by atoms with Gasteiger partial charge in [-0.15, -0.1) is 11.3 Å². The van der Waals surface area contributed by atoms with Gasteiger partial charge in [0.2, 0.25) is 0 Å². The number of benzene rings is 2. The molecule has 3 aliphatic rings. The van der Waals surface area contributed by atoms with Crippen LogP contribution in [0.2, 0.25) is 0 Å². The second-order valence-electron chi connectivity index (χ2n) is 14.3. The molecule has 3 unspecified atom stereocenters. The van der Waals surface area contributed by atoms with Gasteiger partial charge in [-0.2, -0.15) is 41.6 Å². The highest BCUT2D eigenvalue weighted by atomic mass is 32.1. The largest absolute Gasteiger partial charge is 0.461 e. The molecule has 3 saturated heterocycles. The molecule has 2 aromatic heterocycles. The molecule has 306 valence electrons. The third-order valence-corrected chi connectivity index (χ3v) is 12.0. The molecule has 7 rings (SSSR count). The fourth-order valence-corrected chi connectivity index (χ4v) is 9.45. The second kappa shape index (κ2) is 15.2. The Hall–Kier alpha value is -4.74. The van der Waals surface area contributed by atoms with Crippen LogP contribution >= 0.6 is 11.3 Å². The van der Waals surface area contributed by atoms with E-state index in [0.717, 1.165) is 18.6 Å². The van der Waals surface area contributed by atoms with Gasteiger partial charge in [0.25, 0.3) is 0 Å². The lowest BCUT2D eigenvalue weighted by atomic mass is 9.88. The number of rotatable bonds is 10. The molecule has 5 heterocycles. The number of aromatic nitrogens is 2. The summed E-state index contributed by atoms with van der Waals surface area (Å²) in [5, 5.41) is 8.47. The van der Waals surface area contributed by atoms with Gasteiger partial charge in [-0.1, -0.05) is 6.07 Å². The number of carbonyl (C=O) groups excluding carboxylic acids is 1. The van der Waals surface area contributed by atoms with Gasteiger partial charge in [0.1, 0.15) is 42.1 Å². The fourth-order valence-electron chi connectivity index (χ4n) is 8.50. The van der Waals surface area contributed by atoms with Gasteiger partial charge < -0.3 is 29.7 Å². The summed E-state index contributed by atoms with van der Waals surface area (Å²) in [7, 11) is 1.43. The van der Waals surface area contributed by atoms with E-state index in [9.17, 15) is 14.4 Å². The number of nitriles is 1. The molecule has 3 atom stereocenters. The Balaban J connectivity index is 1.47. The Morgan fingerprint density at radius 1 is 1.14 bits per heavy atom. The number of methoxy groups -OCH3 is 1. The Labute approximate surface area is 324 Å². The van der Waals surface area contributed by atoms with Gasteiger partial charge in [0, 0.05) is 62.1 Å². The third kappa shape index (κ3) is 7.33. The van der Waals surface area contributed by atoms with Crippen LogP contribution in [0.15, 0.2) is 18.2 Å². The minimum Gasteiger partial charge on any atom is -0.461 e. The summed E-state index contributed by atoms with van der Waals surface area (Å²) in [6, 6.07) is 2.46. The van der Waals surface area contributed by atoms with Crippen LogP contribution in [0.5, 0.6) is 6.01 Å². The van der Waals surface area contributed by atoms with Crippen molar-refractivity contribution in [1.82, 2.24) is 19.8 Å². The first-order chi connectivity index (χ1) is 27.0. The summed E-state index contributed by atoms with van der Waals surface area (Å²) >= 11 is 0.520. The molecule has 20 heteroatoms. The number of halogens is 8. The zero-order chi connectivity index (χ0) is 41.0. The van der Waals surface area contributed by atoms with Crippen LogP contribution in [-0.4, -0.2) is 103 Å². The number of hydrogen-bond acceptors (Lipinski definition) is 11. The Bertz CT molecular complexity index is 2250. The van der Waals surface area contributed by atoms with Gasteiger partial charge >= 0.3 is 24.5 Å². The van der Waals surface area contributed by atoms with Crippen molar-refractivity contribution in [2.24, 2.45) is 0 Å². The topological polar surface area (TPSA) is 130 Å². The van der Waals surface area contributed by atoms with Gasteiger partial charge in [-0.05, 0) is 50.4 Å². The van der Waals surface area contributed by atoms with Crippen LogP contribution in [0.3, 0.4) is 0 Å². The number of alkyl halides is 7. The van der Waals surface area contributed by atoms with Gasteiger partial charge in [0.05, 0.1) is 39.1 Å². The summed E-state index contributed by atoms with van der Waals surface area (Å²) in [4.78, 5) is 26.2. The van der Waals surface area contributed by atoms with Gasteiger partial charge in [-0.25, -0.2) is 13.6 Å².